The topological polar surface area (TPSA) is 87.7 Å². The minimum absolute atomic E-state index is 0.0807. The molecule has 0 saturated heterocycles. The molecule has 21 heavy (non-hydrogen) atoms. The Labute approximate surface area is 123 Å². The average Bonchev–Trinajstić information content (AvgIpc) is 2.49. The van der Waals surface area contributed by atoms with Crippen LogP contribution in [0.2, 0.25) is 0 Å². The first-order valence-electron chi connectivity index (χ1n) is 7.02. The maximum absolute atomic E-state index is 11.9. The molecular weight excluding hydrogens is 272 g/mol. The summed E-state index contributed by atoms with van der Waals surface area (Å²) in [6, 6.07) is 6.35. The Hall–Kier alpha value is -2.08. The van der Waals surface area contributed by atoms with Gasteiger partial charge in [-0.25, -0.2) is 9.59 Å². The summed E-state index contributed by atoms with van der Waals surface area (Å²) < 4.78 is 4.64. The van der Waals surface area contributed by atoms with Crippen LogP contribution in [0.5, 0.6) is 0 Å². The highest BCUT2D eigenvalue weighted by molar-refractivity contribution is 5.93. The van der Waals surface area contributed by atoms with Crippen LogP contribution in [0.25, 0.3) is 0 Å². The standard InChI is InChI=1S/C15H20N2O4/c1-21-14(19)10-3-2-4-12(9-10)17-15(20)16-11-5-7-13(18)8-6-11/h2-4,9,11,13,18H,5-8H2,1H3,(H2,16,17,20). The van der Waals surface area contributed by atoms with Gasteiger partial charge in [-0.05, 0) is 43.9 Å². The van der Waals surface area contributed by atoms with Crippen LogP contribution in [0.15, 0.2) is 24.3 Å². The molecule has 0 atom stereocenters. The summed E-state index contributed by atoms with van der Waals surface area (Å²) in [7, 11) is 1.31. The SMILES string of the molecule is COC(=O)c1cccc(NC(=O)NC2CCC(O)CC2)c1. The fraction of sp³-hybridized carbons (Fsp3) is 0.467. The number of anilines is 1. The van der Waals surface area contributed by atoms with Crippen LogP contribution >= 0.6 is 0 Å². The number of hydrogen-bond acceptors (Lipinski definition) is 4. The molecule has 0 heterocycles. The number of ether oxygens (including phenoxy) is 1. The Bertz CT molecular complexity index is 510. The number of amides is 2. The van der Waals surface area contributed by atoms with Gasteiger partial charge in [0.25, 0.3) is 0 Å². The molecule has 1 aliphatic carbocycles. The van der Waals surface area contributed by atoms with Crippen molar-refractivity contribution in [2.75, 3.05) is 12.4 Å². The number of carbonyl (C=O) groups excluding carboxylic acids is 2. The van der Waals surface area contributed by atoms with Crippen LogP contribution in [0.1, 0.15) is 36.0 Å². The summed E-state index contributed by atoms with van der Waals surface area (Å²) in [4.78, 5) is 23.3. The third kappa shape index (κ3) is 4.46. The van der Waals surface area contributed by atoms with Gasteiger partial charge >= 0.3 is 12.0 Å². The van der Waals surface area contributed by atoms with E-state index in [-0.39, 0.29) is 18.2 Å². The zero-order chi connectivity index (χ0) is 15.2. The average molecular weight is 292 g/mol. The maximum atomic E-state index is 11.9. The number of benzene rings is 1. The molecule has 6 heteroatoms. The van der Waals surface area contributed by atoms with Crippen LogP contribution in [-0.2, 0) is 4.74 Å². The first-order chi connectivity index (χ1) is 10.1. The van der Waals surface area contributed by atoms with Crippen molar-refractivity contribution in [3.8, 4) is 0 Å². The molecule has 0 unspecified atom stereocenters. The van der Waals surface area contributed by atoms with Crippen molar-refractivity contribution in [2.45, 2.75) is 37.8 Å². The summed E-state index contributed by atoms with van der Waals surface area (Å²) >= 11 is 0. The number of aliphatic hydroxyl groups excluding tert-OH is 1. The number of methoxy groups -OCH3 is 1. The zero-order valence-corrected chi connectivity index (χ0v) is 12.0. The molecule has 1 saturated carbocycles. The molecular formula is C15H20N2O4. The normalized spacial score (nSPS) is 21.4. The predicted octanol–water partition coefficient (Wildman–Crippen LogP) is 1.90. The Balaban J connectivity index is 1.89. The molecule has 0 radical (unpaired) electrons. The van der Waals surface area contributed by atoms with Gasteiger partial charge in [-0.3, -0.25) is 0 Å². The Kier molecular flexibility index (Phi) is 5.16. The second kappa shape index (κ2) is 7.08. The van der Waals surface area contributed by atoms with E-state index in [0.717, 1.165) is 12.8 Å². The number of nitrogens with one attached hydrogen (secondary N) is 2. The number of urea groups is 1. The van der Waals surface area contributed by atoms with Gasteiger partial charge in [0.05, 0.1) is 18.8 Å². The third-order valence-corrected chi connectivity index (χ3v) is 3.57. The summed E-state index contributed by atoms with van der Waals surface area (Å²) in [5, 5.41) is 15.0. The minimum atomic E-state index is -0.444. The van der Waals surface area contributed by atoms with E-state index in [9.17, 15) is 14.7 Å². The van der Waals surface area contributed by atoms with Crippen LogP contribution in [0.3, 0.4) is 0 Å². The van der Waals surface area contributed by atoms with Crippen LogP contribution in [0.4, 0.5) is 10.5 Å². The monoisotopic (exact) mass is 292 g/mol. The summed E-state index contributed by atoms with van der Waals surface area (Å²) in [6.45, 7) is 0. The maximum Gasteiger partial charge on any atom is 0.337 e. The minimum Gasteiger partial charge on any atom is -0.465 e. The number of aliphatic hydroxyl groups is 1. The highest BCUT2D eigenvalue weighted by Gasteiger charge is 2.20. The van der Waals surface area contributed by atoms with E-state index in [1.54, 1.807) is 24.3 Å². The molecule has 1 aromatic rings. The largest absolute Gasteiger partial charge is 0.465 e. The van der Waals surface area contributed by atoms with Gasteiger partial charge in [0.15, 0.2) is 0 Å². The molecule has 0 spiro atoms. The van der Waals surface area contributed by atoms with Crippen molar-refractivity contribution in [1.82, 2.24) is 5.32 Å². The lowest BCUT2D eigenvalue weighted by molar-refractivity contribution is 0.0600. The van der Waals surface area contributed by atoms with E-state index < -0.39 is 5.97 Å². The van der Waals surface area contributed by atoms with Crippen LogP contribution < -0.4 is 10.6 Å². The van der Waals surface area contributed by atoms with E-state index in [0.29, 0.717) is 24.1 Å². The summed E-state index contributed by atoms with van der Waals surface area (Å²) in [6.07, 6.45) is 2.72. The van der Waals surface area contributed by atoms with E-state index in [2.05, 4.69) is 15.4 Å². The Morgan fingerprint density at radius 1 is 1.24 bits per heavy atom. The molecule has 1 fully saturated rings. The van der Waals surface area contributed by atoms with Crippen molar-refractivity contribution in [2.24, 2.45) is 0 Å². The lowest BCUT2D eigenvalue weighted by Gasteiger charge is -2.26. The molecule has 0 aromatic heterocycles. The van der Waals surface area contributed by atoms with Gasteiger partial charge in [0.2, 0.25) is 0 Å². The fourth-order valence-corrected chi connectivity index (χ4v) is 2.41. The van der Waals surface area contributed by atoms with E-state index in [4.69, 9.17) is 0 Å². The number of carbonyl (C=O) groups is 2. The molecule has 3 N–H and O–H groups in total. The summed E-state index contributed by atoms with van der Waals surface area (Å²) in [5.41, 5.74) is 0.919. The van der Waals surface area contributed by atoms with Crippen molar-refractivity contribution < 1.29 is 19.4 Å². The van der Waals surface area contributed by atoms with Crippen molar-refractivity contribution >= 4 is 17.7 Å². The van der Waals surface area contributed by atoms with E-state index >= 15 is 0 Å². The van der Waals surface area contributed by atoms with Crippen molar-refractivity contribution in [3.63, 3.8) is 0 Å². The fourth-order valence-electron chi connectivity index (χ4n) is 2.41. The quantitative estimate of drug-likeness (QED) is 0.742. The molecule has 6 nitrogen and oxygen atoms in total. The Morgan fingerprint density at radius 2 is 1.95 bits per heavy atom. The zero-order valence-electron chi connectivity index (χ0n) is 12.0. The smallest absolute Gasteiger partial charge is 0.337 e. The van der Waals surface area contributed by atoms with Crippen LogP contribution in [-0.4, -0.2) is 36.4 Å². The second-order valence-corrected chi connectivity index (χ2v) is 5.18. The second-order valence-electron chi connectivity index (χ2n) is 5.18. The van der Waals surface area contributed by atoms with Gasteiger partial charge in [-0.15, -0.1) is 0 Å². The van der Waals surface area contributed by atoms with Gasteiger partial charge in [-0.1, -0.05) is 6.07 Å². The van der Waals surface area contributed by atoms with Gasteiger partial charge in [-0.2, -0.15) is 0 Å². The summed E-state index contributed by atoms with van der Waals surface area (Å²) in [5.74, 6) is -0.444. The lowest BCUT2D eigenvalue weighted by atomic mass is 9.93. The van der Waals surface area contributed by atoms with Gasteiger partial charge in [0, 0.05) is 11.7 Å². The first kappa shape index (κ1) is 15.3. The van der Waals surface area contributed by atoms with Crippen molar-refractivity contribution in [1.29, 1.82) is 0 Å². The molecule has 114 valence electrons. The van der Waals surface area contributed by atoms with E-state index in [1.165, 1.54) is 7.11 Å². The van der Waals surface area contributed by atoms with Crippen molar-refractivity contribution in [3.05, 3.63) is 29.8 Å². The molecule has 2 rings (SSSR count). The molecule has 2 amide bonds. The highest BCUT2D eigenvalue weighted by atomic mass is 16.5. The number of hydrogen-bond donors (Lipinski definition) is 3. The van der Waals surface area contributed by atoms with Crippen LogP contribution in [0, 0.1) is 0 Å². The molecule has 0 bridgehead atoms. The number of esters is 1. The van der Waals surface area contributed by atoms with Gasteiger partial charge in [0.1, 0.15) is 0 Å². The first-order valence-corrected chi connectivity index (χ1v) is 7.02. The lowest BCUT2D eigenvalue weighted by Crippen LogP contribution is -2.40. The Morgan fingerprint density at radius 3 is 2.62 bits per heavy atom. The molecule has 1 aliphatic rings. The predicted molar refractivity (Wildman–Crippen MR) is 78.2 cm³/mol. The molecule has 0 aliphatic heterocycles. The third-order valence-electron chi connectivity index (χ3n) is 3.57. The highest BCUT2D eigenvalue weighted by Crippen LogP contribution is 2.18. The van der Waals surface area contributed by atoms with E-state index in [1.807, 2.05) is 0 Å². The van der Waals surface area contributed by atoms with Gasteiger partial charge < -0.3 is 20.5 Å². The molecule has 1 aromatic carbocycles. The number of rotatable bonds is 3.